The Morgan fingerprint density at radius 3 is 1.65 bits per heavy atom. The molecule has 0 aromatic rings. The van der Waals surface area contributed by atoms with E-state index >= 15 is 0 Å². The highest BCUT2D eigenvalue weighted by Crippen LogP contribution is 2.38. The lowest BCUT2D eigenvalue weighted by Crippen LogP contribution is -2.37. The molecule has 2 N–H and O–H groups in total. The predicted octanol–water partition coefficient (Wildman–Crippen LogP) is 9.61. The fraction of sp³-hybridized carbons (Fsp3) is 0.778. The van der Waals surface area contributed by atoms with E-state index in [2.05, 4.69) is 44.2 Å². The second kappa shape index (κ2) is 36.9. The summed E-state index contributed by atoms with van der Waals surface area (Å²) in [6, 6.07) is 0. The number of quaternary nitrogens is 1. The Kier molecular flexibility index (Phi) is 35.6. The lowest BCUT2D eigenvalue weighted by Gasteiger charge is -2.28. The van der Waals surface area contributed by atoms with Gasteiger partial charge in [-0.05, 0) is 51.4 Å². The van der Waals surface area contributed by atoms with E-state index < -0.39 is 44.7 Å². The van der Waals surface area contributed by atoms with Crippen molar-refractivity contribution in [3.05, 3.63) is 48.6 Å². The third-order valence-corrected chi connectivity index (χ3v) is 10.3. The first-order valence-electron chi connectivity index (χ1n) is 22.0. The Bertz CT molecular complexity index is 1150. The molecule has 0 rings (SSSR count). The third kappa shape index (κ3) is 39.1. The quantitative estimate of drug-likeness (QED) is 0.0202. The number of likely N-dealkylation sites (N-methyl/N-ethyl adjacent to an activating group) is 1. The summed E-state index contributed by atoms with van der Waals surface area (Å²) in [6.07, 6.45) is 34.5. The highest BCUT2D eigenvalue weighted by Gasteiger charge is 2.22. The molecule has 332 valence electrons. The zero-order chi connectivity index (χ0) is 42.5. The molecule has 0 aliphatic heterocycles. The van der Waals surface area contributed by atoms with Gasteiger partial charge in [0.05, 0.1) is 40.0 Å². The molecule has 0 heterocycles. The molecule has 1 unspecified atom stereocenters. The molecule has 0 bridgehead atoms. The van der Waals surface area contributed by atoms with Crippen LogP contribution in [0.3, 0.4) is 0 Å². The fourth-order valence-corrected chi connectivity index (χ4v) is 6.47. The number of aliphatic hydroxyl groups is 2. The zero-order valence-corrected chi connectivity index (χ0v) is 37.4. The van der Waals surface area contributed by atoms with Gasteiger partial charge >= 0.3 is 11.9 Å². The molecule has 0 aliphatic carbocycles. The van der Waals surface area contributed by atoms with E-state index in [1.807, 2.05) is 39.4 Å². The Morgan fingerprint density at radius 1 is 0.632 bits per heavy atom. The average Bonchev–Trinajstić information content (AvgIpc) is 3.15. The van der Waals surface area contributed by atoms with Crippen molar-refractivity contribution in [3.63, 3.8) is 0 Å². The number of phosphoric acid groups is 1. The maximum absolute atomic E-state index is 12.7. The van der Waals surface area contributed by atoms with E-state index in [0.29, 0.717) is 17.4 Å². The van der Waals surface area contributed by atoms with Crippen LogP contribution in [-0.2, 0) is 32.7 Å². The van der Waals surface area contributed by atoms with Crippen molar-refractivity contribution < 1.29 is 52.3 Å². The van der Waals surface area contributed by atoms with Gasteiger partial charge in [-0.3, -0.25) is 14.2 Å². The largest absolute Gasteiger partial charge is 0.756 e. The van der Waals surface area contributed by atoms with Gasteiger partial charge in [-0.2, -0.15) is 0 Å². The smallest absolute Gasteiger partial charge is 0.306 e. The van der Waals surface area contributed by atoms with Crippen molar-refractivity contribution in [1.82, 2.24) is 0 Å². The standard InChI is InChI=1S/C45H82NO10P/c1-6-8-10-12-14-16-18-20-21-23-25-27-29-31-35-44(49)53-39-41(40-55-57(51,52)54-38-37-46(3,4)5)56-45(50)36-32-34-43(48)42(47)33-30-28-26-24-22-19-17-15-13-11-9-7-2/h9,11,15,17,22,24,28,30,41-43,47-48H,6-8,10,12-14,16,18-21,23,25-27,29,31-40H2,1-5H3/b11-9-,17-15-,24-22-,30-28-/t41-,42-,43-/m1/s1. The van der Waals surface area contributed by atoms with Gasteiger partial charge in [-0.25, -0.2) is 0 Å². The van der Waals surface area contributed by atoms with E-state index in [0.717, 1.165) is 44.9 Å². The minimum absolute atomic E-state index is 0.0840. The minimum Gasteiger partial charge on any atom is -0.756 e. The molecule has 0 saturated carbocycles. The van der Waals surface area contributed by atoms with Crippen LogP contribution in [0.25, 0.3) is 0 Å². The number of esters is 2. The highest BCUT2D eigenvalue weighted by atomic mass is 31.2. The number of carbonyl (C=O) groups is 2. The first-order valence-corrected chi connectivity index (χ1v) is 23.5. The molecule has 0 radical (unpaired) electrons. The van der Waals surface area contributed by atoms with Crippen molar-refractivity contribution in [2.24, 2.45) is 0 Å². The number of nitrogens with zero attached hydrogens (tertiary/aromatic N) is 1. The van der Waals surface area contributed by atoms with Gasteiger partial charge in [-0.15, -0.1) is 0 Å². The molecular weight excluding hydrogens is 745 g/mol. The first kappa shape index (κ1) is 54.9. The molecule has 11 nitrogen and oxygen atoms in total. The molecule has 0 fully saturated rings. The van der Waals surface area contributed by atoms with Gasteiger partial charge in [0.15, 0.2) is 6.10 Å². The summed E-state index contributed by atoms with van der Waals surface area (Å²) in [7, 11) is 0.985. The number of carbonyl (C=O) groups excluding carboxylic acids is 2. The van der Waals surface area contributed by atoms with Crippen molar-refractivity contribution in [2.75, 3.05) is 47.5 Å². The van der Waals surface area contributed by atoms with Crippen LogP contribution in [0.1, 0.15) is 162 Å². The molecule has 0 spiro atoms. The molecule has 0 aromatic carbocycles. The number of hydrogen-bond acceptors (Lipinski definition) is 10. The SMILES string of the molecule is CC/C=C\C/C=C\C/C=C\C/C=C\C[C@@H](O)[C@H](O)CCCC(=O)O[C@H](COC(=O)CCCCCCCCCCCCCCCC)COP(=O)([O-])OCC[N+](C)(C)C. The van der Waals surface area contributed by atoms with E-state index in [1.54, 1.807) is 0 Å². The van der Waals surface area contributed by atoms with Gasteiger partial charge in [0, 0.05) is 12.8 Å². The monoisotopic (exact) mass is 828 g/mol. The van der Waals surface area contributed by atoms with E-state index in [9.17, 15) is 29.3 Å². The molecule has 4 atom stereocenters. The third-order valence-electron chi connectivity index (χ3n) is 9.31. The Morgan fingerprint density at radius 2 is 1.12 bits per heavy atom. The minimum atomic E-state index is -4.71. The van der Waals surface area contributed by atoms with E-state index in [4.69, 9.17) is 18.5 Å². The van der Waals surface area contributed by atoms with Crippen molar-refractivity contribution in [2.45, 2.75) is 180 Å². The second-order valence-electron chi connectivity index (χ2n) is 16.0. The van der Waals surface area contributed by atoms with Crippen LogP contribution >= 0.6 is 7.82 Å². The van der Waals surface area contributed by atoms with Crippen molar-refractivity contribution in [1.29, 1.82) is 0 Å². The van der Waals surface area contributed by atoms with Crippen LogP contribution in [0, 0.1) is 0 Å². The molecule has 0 aliphatic rings. The number of hydrogen-bond donors (Lipinski definition) is 2. The maximum atomic E-state index is 12.7. The molecular formula is C45H82NO10P. The number of ether oxygens (including phenoxy) is 2. The van der Waals surface area contributed by atoms with Crippen LogP contribution in [0.15, 0.2) is 48.6 Å². The summed E-state index contributed by atoms with van der Waals surface area (Å²) in [5.74, 6) is -1.12. The number of allylic oxidation sites excluding steroid dienone is 7. The van der Waals surface area contributed by atoms with Crippen LogP contribution in [0.5, 0.6) is 0 Å². The molecule has 0 amide bonds. The summed E-state index contributed by atoms with van der Waals surface area (Å²) < 4.78 is 33.6. The van der Waals surface area contributed by atoms with Gasteiger partial charge in [0.1, 0.15) is 19.8 Å². The second-order valence-corrected chi connectivity index (χ2v) is 17.4. The molecule has 0 saturated heterocycles. The average molecular weight is 828 g/mol. The number of unbranched alkanes of at least 4 members (excludes halogenated alkanes) is 13. The Labute approximate surface area is 347 Å². The van der Waals surface area contributed by atoms with Crippen molar-refractivity contribution in [3.8, 4) is 0 Å². The van der Waals surface area contributed by atoms with E-state index in [1.165, 1.54) is 64.2 Å². The summed E-state index contributed by atoms with van der Waals surface area (Å²) in [5.41, 5.74) is 0. The fourth-order valence-electron chi connectivity index (χ4n) is 5.74. The summed E-state index contributed by atoms with van der Waals surface area (Å²) >= 11 is 0. The van der Waals surface area contributed by atoms with Gasteiger partial charge in [-0.1, -0.05) is 146 Å². The number of aliphatic hydroxyl groups excluding tert-OH is 2. The predicted molar refractivity (Wildman–Crippen MR) is 229 cm³/mol. The highest BCUT2D eigenvalue weighted by molar-refractivity contribution is 7.45. The molecule has 0 aromatic heterocycles. The Balaban J connectivity index is 4.62. The molecule has 12 heteroatoms. The van der Waals surface area contributed by atoms with Crippen molar-refractivity contribution >= 4 is 19.8 Å². The summed E-state index contributed by atoms with van der Waals surface area (Å²) in [5, 5.41) is 20.8. The Hall–Kier alpha value is -2.11. The maximum Gasteiger partial charge on any atom is 0.306 e. The number of rotatable bonds is 39. The van der Waals surface area contributed by atoms with Crippen LogP contribution in [0.2, 0.25) is 0 Å². The summed E-state index contributed by atoms with van der Waals surface area (Å²) in [4.78, 5) is 37.6. The molecule has 57 heavy (non-hydrogen) atoms. The van der Waals surface area contributed by atoms with Gasteiger partial charge in [0.25, 0.3) is 7.82 Å². The summed E-state index contributed by atoms with van der Waals surface area (Å²) in [6.45, 7) is 3.76. The normalized spacial score (nSPS) is 15.2. The lowest BCUT2D eigenvalue weighted by atomic mass is 10.0. The van der Waals surface area contributed by atoms with Gasteiger partial charge < -0.3 is 38.1 Å². The van der Waals surface area contributed by atoms with E-state index in [-0.39, 0.29) is 45.3 Å². The van der Waals surface area contributed by atoms with Gasteiger partial charge in [0.2, 0.25) is 0 Å². The van der Waals surface area contributed by atoms with Crippen LogP contribution in [0.4, 0.5) is 0 Å². The first-order chi connectivity index (χ1) is 27.3. The topological polar surface area (TPSA) is 152 Å². The lowest BCUT2D eigenvalue weighted by molar-refractivity contribution is -0.870. The zero-order valence-electron chi connectivity index (χ0n) is 36.5. The van der Waals surface area contributed by atoms with Crippen LogP contribution < -0.4 is 4.89 Å². The number of phosphoric ester groups is 1. The van der Waals surface area contributed by atoms with Crippen LogP contribution in [-0.4, -0.2) is 92.5 Å².